The Morgan fingerprint density at radius 3 is 1.64 bits per heavy atom. The predicted octanol–water partition coefficient (Wildman–Crippen LogP) is 2.59. The summed E-state index contributed by atoms with van der Waals surface area (Å²) < 4.78 is 53.2. The molecule has 1 amide bonds. The molecule has 2 aromatic heterocycles. The fourth-order valence-corrected chi connectivity index (χ4v) is 6.48. The van der Waals surface area contributed by atoms with Gasteiger partial charge in [-0.3, -0.25) is 18.7 Å². The first-order chi connectivity index (χ1) is 28.9. The van der Waals surface area contributed by atoms with Gasteiger partial charge in [0.05, 0.1) is 112 Å². The first kappa shape index (κ1) is 47.9. The molecule has 0 radical (unpaired) electrons. The molecule has 0 aliphatic heterocycles. The van der Waals surface area contributed by atoms with Crippen LogP contribution in [0.1, 0.15) is 37.7 Å². The highest BCUT2D eigenvalue weighted by Crippen LogP contribution is 2.27. The largest absolute Gasteiger partial charge is 0.382 e. The van der Waals surface area contributed by atoms with Crippen molar-refractivity contribution < 1.29 is 47.4 Å². The Labute approximate surface area is 346 Å². The topological polar surface area (TPSA) is 174 Å². The van der Waals surface area contributed by atoms with Crippen LogP contribution < -0.4 is 16.6 Å². The van der Waals surface area contributed by atoms with Crippen molar-refractivity contribution in [2.75, 3.05) is 126 Å². The molecule has 59 heavy (non-hydrogen) atoms. The summed E-state index contributed by atoms with van der Waals surface area (Å²) in [6.07, 6.45) is 8.90. The van der Waals surface area contributed by atoms with Crippen LogP contribution in [0.5, 0.6) is 0 Å². The van der Waals surface area contributed by atoms with E-state index in [-0.39, 0.29) is 17.2 Å². The number of aromatic nitrogens is 4. The molecule has 1 N–H and O–H groups in total. The molecule has 0 bridgehead atoms. The zero-order valence-electron chi connectivity index (χ0n) is 35.2. The summed E-state index contributed by atoms with van der Waals surface area (Å²) in [5.74, 6) is 0.763. The first-order valence-corrected chi connectivity index (χ1v) is 20.7. The van der Waals surface area contributed by atoms with Crippen LogP contribution >= 0.6 is 0 Å². The maximum atomic E-state index is 13.2. The average molecular weight is 832 g/mol. The van der Waals surface area contributed by atoms with Crippen LogP contribution in [0.15, 0.2) is 39.9 Å². The number of hydrogen-bond donors (Lipinski definition) is 1. The van der Waals surface area contributed by atoms with E-state index in [1.807, 2.05) is 24.3 Å². The third-order valence-corrected chi connectivity index (χ3v) is 9.70. The van der Waals surface area contributed by atoms with Gasteiger partial charge in [0.1, 0.15) is 5.82 Å². The van der Waals surface area contributed by atoms with E-state index < -0.39 is 0 Å². The van der Waals surface area contributed by atoms with E-state index in [0.717, 1.165) is 36.8 Å². The van der Waals surface area contributed by atoms with E-state index in [9.17, 15) is 14.4 Å². The lowest BCUT2D eigenvalue weighted by Crippen LogP contribution is -2.39. The molecule has 330 valence electrons. The van der Waals surface area contributed by atoms with Crippen LogP contribution in [0.2, 0.25) is 0 Å². The van der Waals surface area contributed by atoms with Gasteiger partial charge in [-0.1, -0.05) is 43.5 Å². The number of benzene rings is 1. The summed E-state index contributed by atoms with van der Waals surface area (Å²) in [6, 6.07) is 7.56. The van der Waals surface area contributed by atoms with E-state index in [0.29, 0.717) is 148 Å². The Morgan fingerprint density at radius 1 is 0.678 bits per heavy atom. The van der Waals surface area contributed by atoms with Gasteiger partial charge in [-0.2, -0.15) is 0 Å². The number of amides is 1. The van der Waals surface area contributed by atoms with Gasteiger partial charge in [-0.05, 0) is 30.4 Å². The SMILES string of the molecule is COCCOCCOCCOCCOCCOCCOCCOCCOCCNC(=O)/C=C/c1ccc(-c2nc3c(c(=O)n(C)c(=O)n3CC3CCCCC3)n2C)cc1. The second-order valence-electron chi connectivity index (χ2n) is 14.1. The van der Waals surface area contributed by atoms with Gasteiger partial charge >= 0.3 is 5.69 Å². The Hall–Kier alpha value is -3.78. The number of nitrogens with zero attached hydrogens (tertiary/aromatic N) is 4. The van der Waals surface area contributed by atoms with Gasteiger partial charge in [-0.25, -0.2) is 9.78 Å². The first-order valence-electron chi connectivity index (χ1n) is 20.7. The highest BCUT2D eigenvalue weighted by Gasteiger charge is 2.22. The summed E-state index contributed by atoms with van der Waals surface area (Å²) >= 11 is 0. The minimum Gasteiger partial charge on any atom is -0.382 e. The molecule has 3 aromatic rings. The van der Waals surface area contributed by atoms with E-state index >= 15 is 0 Å². The standard InChI is InChI=1S/C42H65N5O12/c1-45-38-40(47(42(50)46(2)41(38)49)33-35-7-5-4-6-8-35)44-39(45)36-12-9-34(10-13-36)11-14-37(48)43-15-16-52-19-20-54-23-24-56-27-28-58-31-32-59-30-29-57-26-25-55-22-21-53-18-17-51-3/h9-14,35H,4-8,15-33H2,1-3H3,(H,43,48)/b14-11+. The number of aryl methyl sites for hydroxylation is 1. The van der Waals surface area contributed by atoms with Crippen molar-refractivity contribution in [3.63, 3.8) is 0 Å². The molecule has 1 fully saturated rings. The van der Waals surface area contributed by atoms with E-state index in [4.69, 9.17) is 47.6 Å². The summed E-state index contributed by atoms with van der Waals surface area (Å²) in [4.78, 5) is 43.5. The normalized spacial score (nSPS) is 13.6. The van der Waals surface area contributed by atoms with Crippen molar-refractivity contribution in [3.05, 3.63) is 56.7 Å². The second kappa shape index (κ2) is 28.6. The maximum absolute atomic E-state index is 13.2. The second-order valence-corrected chi connectivity index (χ2v) is 14.1. The molecule has 0 unspecified atom stereocenters. The van der Waals surface area contributed by atoms with Gasteiger partial charge in [0.25, 0.3) is 5.56 Å². The number of carbonyl (C=O) groups excluding carboxylic acids is 1. The van der Waals surface area contributed by atoms with Crippen molar-refractivity contribution in [1.82, 2.24) is 24.0 Å². The molecule has 0 saturated heterocycles. The molecule has 1 aliphatic carbocycles. The van der Waals surface area contributed by atoms with E-state index in [2.05, 4.69) is 5.32 Å². The number of carbonyl (C=O) groups is 1. The van der Waals surface area contributed by atoms with Crippen molar-refractivity contribution >= 4 is 23.1 Å². The lowest BCUT2D eigenvalue weighted by molar-refractivity contribution is -0.116. The quantitative estimate of drug-likeness (QED) is 0.0720. The van der Waals surface area contributed by atoms with Crippen LogP contribution in [-0.2, 0) is 68.1 Å². The van der Waals surface area contributed by atoms with E-state index in [1.54, 1.807) is 29.4 Å². The number of hydrogen-bond acceptors (Lipinski definition) is 13. The van der Waals surface area contributed by atoms with Crippen LogP contribution in [0.3, 0.4) is 0 Å². The van der Waals surface area contributed by atoms with Crippen LogP contribution in [0, 0.1) is 5.92 Å². The van der Waals surface area contributed by atoms with Gasteiger partial charge in [0.15, 0.2) is 11.2 Å². The molecule has 0 spiro atoms. The number of methoxy groups -OCH3 is 1. The Bertz CT molecular complexity index is 1770. The Kier molecular flexibility index (Phi) is 23.3. The van der Waals surface area contributed by atoms with Crippen molar-refractivity contribution in [1.29, 1.82) is 0 Å². The number of imidazole rings is 1. The molecular formula is C42H65N5O12. The number of rotatable bonds is 32. The number of ether oxygens (including phenoxy) is 9. The molecule has 17 nitrogen and oxygen atoms in total. The number of nitrogens with one attached hydrogen (secondary N) is 1. The van der Waals surface area contributed by atoms with Crippen LogP contribution in [0.4, 0.5) is 0 Å². The molecule has 17 heteroatoms. The fraction of sp³-hybridized carbons (Fsp3) is 0.667. The van der Waals surface area contributed by atoms with Gasteiger partial charge in [-0.15, -0.1) is 0 Å². The van der Waals surface area contributed by atoms with Crippen molar-refractivity contribution in [2.24, 2.45) is 20.0 Å². The Morgan fingerprint density at radius 2 is 1.15 bits per heavy atom. The van der Waals surface area contributed by atoms with Gasteiger partial charge in [0, 0.05) is 45.9 Å². The fourth-order valence-electron chi connectivity index (χ4n) is 6.48. The van der Waals surface area contributed by atoms with Crippen molar-refractivity contribution in [2.45, 2.75) is 38.6 Å². The zero-order valence-corrected chi connectivity index (χ0v) is 35.2. The van der Waals surface area contributed by atoms with Crippen LogP contribution in [-0.4, -0.2) is 151 Å². The molecule has 1 aromatic carbocycles. The summed E-state index contributed by atoms with van der Waals surface area (Å²) in [6.45, 7) is 9.20. The zero-order chi connectivity index (χ0) is 41.9. The Balaban J connectivity index is 0.979. The maximum Gasteiger partial charge on any atom is 0.332 e. The lowest BCUT2D eigenvalue weighted by Gasteiger charge is -2.22. The third-order valence-electron chi connectivity index (χ3n) is 9.70. The minimum absolute atomic E-state index is 0.232. The molecule has 2 heterocycles. The summed E-state index contributed by atoms with van der Waals surface area (Å²) in [7, 11) is 4.97. The van der Waals surface area contributed by atoms with E-state index in [1.165, 1.54) is 24.1 Å². The molecule has 1 saturated carbocycles. The summed E-state index contributed by atoms with van der Waals surface area (Å²) in [5, 5.41) is 2.81. The summed E-state index contributed by atoms with van der Waals surface area (Å²) in [5.41, 5.74) is 1.77. The van der Waals surface area contributed by atoms with Crippen molar-refractivity contribution in [3.8, 4) is 11.4 Å². The average Bonchev–Trinajstić information content (AvgIpc) is 3.60. The number of fused-ring (bicyclic) bond motifs is 1. The molecule has 1 aliphatic rings. The molecule has 4 rings (SSSR count). The van der Waals surface area contributed by atoms with Gasteiger partial charge < -0.3 is 52.5 Å². The third kappa shape index (κ3) is 17.4. The lowest BCUT2D eigenvalue weighted by atomic mass is 9.89. The smallest absolute Gasteiger partial charge is 0.332 e. The monoisotopic (exact) mass is 831 g/mol. The van der Waals surface area contributed by atoms with Gasteiger partial charge in [0.2, 0.25) is 5.91 Å². The van der Waals surface area contributed by atoms with Crippen LogP contribution in [0.25, 0.3) is 28.6 Å². The predicted molar refractivity (Wildman–Crippen MR) is 223 cm³/mol. The molecular weight excluding hydrogens is 766 g/mol. The highest BCUT2D eigenvalue weighted by molar-refractivity contribution is 5.91. The molecule has 0 atom stereocenters. The highest BCUT2D eigenvalue weighted by atomic mass is 16.6. The minimum atomic E-state index is -0.359.